The number of aliphatic hydroxyl groups excluding tert-OH is 1. The predicted octanol–water partition coefficient (Wildman–Crippen LogP) is 1.87. The van der Waals surface area contributed by atoms with Crippen LogP contribution in [0.5, 0.6) is 0 Å². The zero-order valence-corrected chi connectivity index (χ0v) is 9.13. The molecule has 2 rings (SSSR count). The summed E-state index contributed by atoms with van der Waals surface area (Å²) in [7, 11) is 0. The van der Waals surface area contributed by atoms with E-state index in [0.717, 1.165) is 25.9 Å². The number of aliphatic hydroxyl groups is 1. The molecule has 0 amide bonds. The molecule has 1 N–H and O–H groups in total. The van der Waals surface area contributed by atoms with E-state index in [-0.39, 0.29) is 0 Å². The van der Waals surface area contributed by atoms with Gasteiger partial charge < -0.3 is 10.0 Å². The van der Waals surface area contributed by atoms with Crippen LogP contribution in [0.3, 0.4) is 0 Å². The average molecular weight is 244 g/mol. The highest BCUT2D eigenvalue weighted by Crippen LogP contribution is 2.28. The fourth-order valence-corrected chi connectivity index (χ4v) is 2.31. The van der Waals surface area contributed by atoms with Crippen molar-refractivity contribution < 1.29 is 5.11 Å². The maximum Gasteiger partial charge on any atom is 0.0493 e. The van der Waals surface area contributed by atoms with Gasteiger partial charge in [-0.3, -0.25) is 0 Å². The van der Waals surface area contributed by atoms with Gasteiger partial charge in [-0.1, -0.05) is 22.0 Å². The average Bonchev–Trinajstić information content (AvgIpc) is 2.02. The molecule has 0 unspecified atom stereocenters. The zero-order valence-electron chi connectivity index (χ0n) is 7.54. The molecule has 3 heteroatoms. The first-order valence-electron chi connectivity index (χ1n) is 4.71. The number of rotatable bonds is 2. The summed E-state index contributed by atoms with van der Waals surface area (Å²) in [5.41, 5.74) is 1.42. The molecule has 1 aliphatic heterocycles. The largest absolute Gasteiger partial charge is 0.396 e. The van der Waals surface area contributed by atoms with Gasteiger partial charge in [0.05, 0.1) is 0 Å². The van der Waals surface area contributed by atoms with E-state index in [2.05, 4.69) is 33.0 Å². The Morgan fingerprint density at radius 2 is 2.31 bits per heavy atom. The Morgan fingerprint density at radius 1 is 1.54 bits per heavy atom. The number of hydrogen-bond donors (Lipinski definition) is 1. The van der Waals surface area contributed by atoms with Crippen molar-refractivity contribution in [1.82, 2.24) is 4.90 Å². The predicted molar refractivity (Wildman–Crippen MR) is 56.5 cm³/mol. The lowest BCUT2D eigenvalue weighted by Gasteiger charge is -2.42. The lowest BCUT2D eigenvalue weighted by atomic mass is 9.98. The molecule has 0 aromatic heterocycles. The number of likely N-dealkylation sites (tertiary alicyclic amines) is 1. The molecule has 0 radical (unpaired) electrons. The van der Waals surface area contributed by atoms with Crippen LogP contribution >= 0.6 is 15.9 Å². The standard InChI is InChI=1S/C10H14BrNO/c11-9-2-1-3-10(4-9)12-5-8(6-12)7-13/h2,4,8,13H,1,3,5-7H2. The topological polar surface area (TPSA) is 23.5 Å². The Hall–Kier alpha value is -0.280. The van der Waals surface area contributed by atoms with Crippen molar-refractivity contribution >= 4 is 15.9 Å². The molecule has 0 saturated carbocycles. The third-order valence-electron chi connectivity index (χ3n) is 2.67. The highest BCUT2D eigenvalue weighted by molar-refractivity contribution is 9.11. The van der Waals surface area contributed by atoms with Gasteiger partial charge in [-0.05, 0) is 18.9 Å². The summed E-state index contributed by atoms with van der Waals surface area (Å²) >= 11 is 3.49. The van der Waals surface area contributed by atoms with E-state index in [1.54, 1.807) is 0 Å². The van der Waals surface area contributed by atoms with Gasteiger partial charge in [0.25, 0.3) is 0 Å². The van der Waals surface area contributed by atoms with E-state index in [4.69, 9.17) is 5.11 Å². The number of nitrogens with zero attached hydrogens (tertiary/aromatic N) is 1. The Morgan fingerprint density at radius 3 is 2.92 bits per heavy atom. The Balaban J connectivity index is 1.92. The molecule has 0 atom stereocenters. The summed E-state index contributed by atoms with van der Waals surface area (Å²) in [5, 5.41) is 8.89. The van der Waals surface area contributed by atoms with Crippen molar-refractivity contribution in [2.45, 2.75) is 12.8 Å². The first-order valence-corrected chi connectivity index (χ1v) is 5.51. The molecule has 1 saturated heterocycles. The number of hydrogen-bond acceptors (Lipinski definition) is 2. The second-order valence-corrected chi connectivity index (χ2v) is 4.63. The van der Waals surface area contributed by atoms with Gasteiger partial charge >= 0.3 is 0 Å². The second kappa shape index (κ2) is 3.84. The summed E-state index contributed by atoms with van der Waals surface area (Å²) < 4.78 is 1.20. The van der Waals surface area contributed by atoms with E-state index < -0.39 is 0 Å². The first kappa shape index (κ1) is 9.28. The van der Waals surface area contributed by atoms with Crippen LogP contribution in [0.15, 0.2) is 22.3 Å². The van der Waals surface area contributed by atoms with Crippen LogP contribution in [0.25, 0.3) is 0 Å². The van der Waals surface area contributed by atoms with Gasteiger partial charge in [-0.15, -0.1) is 0 Å². The van der Waals surface area contributed by atoms with Gasteiger partial charge in [0, 0.05) is 35.8 Å². The summed E-state index contributed by atoms with van der Waals surface area (Å²) in [6, 6.07) is 0. The van der Waals surface area contributed by atoms with E-state index in [1.165, 1.54) is 10.2 Å². The monoisotopic (exact) mass is 243 g/mol. The zero-order chi connectivity index (χ0) is 9.26. The Labute approximate surface area is 87.1 Å². The molecule has 1 fully saturated rings. The highest BCUT2D eigenvalue weighted by Gasteiger charge is 2.27. The van der Waals surface area contributed by atoms with Crippen molar-refractivity contribution in [2.75, 3.05) is 19.7 Å². The molecular weight excluding hydrogens is 230 g/mol. The minimum atomic E-state index is 0.334. The van der Waals surface area contributed by atoms with Crippen LogP contribution in [-0.4, -0.2) is 29.7 Å². The fourth-order valence-electron chi connectivity index (χ4n) is 1.82. The molecule has 72 valence electrons. The lowest BCUT2D eigenvalue weighted by molar-refractivity contribution is 0.0788. The Kier molecular flexibility index (Phi) is 2.74. The SMILES string of the molecule is OCC1CN(C2=CC(Br)=CCC2)C1. The minimum absolute atomic E-state index is 0.334. The van der Waals surface area contributed by atoms with Crippen molar-refractivity contribution in [1.29, 1.82) is 0 Å². The molecule has 0 aromatic carbocycles. The molecule has 2 aliphatic rings. The van der Waals surface area contributed by atoms with E-state index in [0.29, 0.717) is 12.5 Å². The third-order valence-corrected chi connectivity index (χ3v) is 3.22. The van der Waals surface area contributed by atoms with Gasteiger partial charge in [0.2, 0.25) is 0 Å². The van der Waals surface area contributed by atoms with Gasteiger partial charge in [-0.2, -0.15) is 0 Å². The van der Waals surface area contributed by atoms with Crippen molar-refractivity contribution in [3.63, 3.8) is 0 Å². The van der Waals surface area contributed by atoms with E-state index in [9.17, 15) is 0 Å². The van der Waals surface area contributed by atoms with Crippen LogP contribution in [0.1, 0.15) is 12.8 Å². The minimum Gasteiger partial charge on any atom is -0.396 e. The molecule has 0 spiro atoms. The van der Waals surface area contributed by atoms with E-state index in [1.807, 2.05) is 0 Å². The molecule has 0 aromatic rings. The molecule has 13 heavy (non-hydrogen) atoms. The van der Waals surface area contributed by atoms with Crippen molar-refractivity contribution in [3.05, 3.63) is 22.3 Å². The summed E-state index contributed by atoms with van der Waals surface area (Å²) in [6.45, 7) is 2.39. The molecule has 1 heterocycles. The van der Waals surface area contributed by atoms with Crippen LogP contribution in [0, 0.1) is 5.92 Å². The smallest absolute Gasteiger partial charge is 0.0493 e. The van der Waals surface area contributed by atoms with Crippen molar-refractivity contribution in [3.8, 4) is 0 Å². The van der Waals surface area contributed by atoms with Crippen LogP contribution in [-0.2, 0) is 0 Å². The van der Waals surface area contributed by atoms with E-state index >= 15 is 0 Å². The van der Waals surface area contributed by atoms with Gasteiger partial charge in [0.1, 0.15) is 0 Å². The number of allylic oxidation sites excluding steroid dienone is 4. The maximum absolute atomic E-state index is 8.89. The molecule has 1 aliphatic carbocycles. The van der Waals surface area contributed by atoms with Crippen LogP contribution in [0.2, 0.25) is 0 Å². The first-order chi connectivity index (χ1) is 6.29. The summed E-state index contributed by atoms with van der Waals surface area (Å²) in [6.07, 6.45) is 6.67. The highest BCUT2D eigenvalue weighted by atomic mass is 79.9. The third kappa shape index (κ3) is 1.97. The van der Waals surface area contributed by atoms with Crippen molar-refractivity contribution in [2.24, 2.45) is 5.92 Å². The normalized spacial score (nSPS) is 23.7. The lowest BCUT2D eigenvalue weighted by Crippen LogP contribution is -2.47. The van der Waals surface area contributed by atoms with Crippen LogP contribution < -0.4 is 0 Å². The second-order valence-electron chi connectivity index (χ2n) is 3.72. The Bertz CT molecular complexity index is 254. The quantitative estimate of drug-likeness (QED) is 0.801. The van der Waals surface area contributed by atoms with Gasteiger partial charge in [-0.25, -0.2) is 0 Å². The fraction of sp³-hybridized carbons (Fsp3) is 0.600. The summed E-state index contributed by atoms with van der Waals surface area (Å²) in [4.78, 5) is 2.36. The molecular formula is C10H14BrNO. The maximum atomic E-state index is 8.89. The molecule has 2 nitrogen and oxygen atoms in total. The van der Waals surface area contributed by atoms with Crippen LogP contribution in [0.4, 0.5) is 0 Å². The number of halogens is 1. The summed E-state index contributed by atoms with van der Waals surface area (Å²) in [5.74, 6) is 0.505. The molecule has 0 bridgehead atoms. The van der Waals surface area contributed by atoms with Gasteiger partial charge in [0.15, 0.2) is 0 Å².